The Bertz CT molecular complexity index is 1040. The first kappa shape index (κ1) is 24.4. The average molecular weight is 504 g/mol. The van der Waals surface area contributed by atoms with Gasteiger partial charge in [0, 0.05) is 49.6 Å². The minimum Gasteiger partial charge on any atom is -0.444 e. The number of hydrogen-bond acceptors (Lipinski definition) is 5. The molecule has 9 heteroatoms. The summed E-state index contributed by atoms with van der Waals surface area (Å²) >= 11 is 6.52. The second-order valence-electron chi connectivity index (χ2n) is 11.1. The molecule has 0 N–H and O–H groups in total. The van der Waals surface area contributed by atoms with E-state index in [4.69, 9.17) is 21.1 Å². The number of fused-ring (bicyclic) bond motifs is 4. The molecule has 4 fully saturated rings. The molecule has 1 aliphatic carbocycles. The summed E-state index contributed by atoms with van der Waals surface area (Å²) in [5, 5.41) is 0.611. The number of Topliss-reactive ketones (excluding diaryl/α,β-unsaturated/α-hetero) is 1. The number of ether oxygens (including phenoxy) is 2. The van der Waals surface area contributed by atoms with Crippen molar-refractivity contribution in [3.8, 4) is 0 Å². The Hall–Kier alpha value is -2.32. The predicted molar refractivity (Wildman–Crippen MR) is 130 cm³/mol. The molecule has 6 rings (SSSR count). The summed E-state index contributed by atoms with van der Waals surface area (Å²) < 4.78 is 11.5. The van der Waals surface area contributed by atoms with Crippen molar-refractivity contribution in [2.75, 3.05) is 32.8 Å². The summed E-state index contributed by atoms with van der Waals surface area (Å²) in [6, 6.07) is 3.53. The van der Waals surface area contributed by atoms with Gasteiger partial charge < -0.3 is 19.3 Å². The molecule has 35 heavy (non-hydrogen) atoms. The molecule has 3 atom stereocenters. The molecular weight excluding hydrogens is 470 g/mol. The van der Waals surface area contributed by atoms with E-state index < -0.39 is 5.60 Å². The van der Waals surface area contributed by atoms with Gasteiger partial charge in [-0.2, -0.15) is 0 Å². The minimum absolute atomic E-state index is 0.00245. The summed E-state index contributed by atoms with van der Waals surface area (Å²) in [6.45, 7) is 8.35. The van der Waals surface area contributed by atoms with Crippen LogP contribution in [0, 0.1) is 5.92 Å². The van der Waals surface area contributed by atoms with Crippen molar-refractivity contribution in [1.82, 2.24) is 14.7 Å². The Labute approximate surface area is 211 Å². The third-order valence-corrected chi connectivity index (χ3v) is 7.79. The number of morpholine rings is 1. The van der Waals surface area contributed by atoms with Crippen molar-refractivity contribution >= 4 is 29.5 Å². The van der Waals surface area contributed by atoms with Crippen molar-refractivity contribution < 1.29 is 23.9 Å². The Balaban J connectivity index is 1.41. The van der Waals surface area contributed by atoms with Gasteiger partial charge in [0.15, 0.2) is 0 Å². The van der Waals surface area contributed by atoms with E-state index in [-0.39, 0.29) is 30.1 Å². The van der Waals surface area contributed by atoms with E-state index in [0.717, 1.165) is 29.5 Å². The number of ketones is 1. The maximum Gasteiger partial charge on any atom is 0.410 e. The molecule has 2 bridgehead atoms. The molecule has 3 saturated heterocycles. The largest absolute Gasteiger partial charge is 0.444 e. The molecule has 0 aromatic heterocycles. The Morgan fingerprint density at radius 3 is 2.63 bits per heavy atom. The lowest BCUT2D eigenvalue weighted by atomic mass is 9.79. The maximum atomic E-state index is 13.5. The number of hydrogen-bond donors (Lipinski definition) is 0. The number of urea groups is 1. The number of piperidine rings is 2. The molecular formula is C26H34ClN3O5. The van der Waals surface area contributed by atoms with Crippen LogP contribution in [0.1, 0.15) is 62.8 Å². The van der Waals surface area contributed by atoms with Crippen LogP contribution in [0.3, 0.4) is 0 Å². The van der Waals surface area contributed by atoms with Crippen molar-refractivity contribution in [3.63, 3.8) is 0 Å². The fourth-order valence-electron chi connectivity index (χ4n) is 5.84. The number of rotatable bonds is 1. The van der Waals surface area contributed by atoms with Crippen molar-refractivity contribution in [2.45, 2.75) is 70.7 Å². The highest BCUT2D eigenvalue weighted by Gasteiger charge is 2.43. The van der Waals surface area contributed by atoms with Crippen LogP contribution in [-0.4, -0.2) is 77.1 Å². The van der Waals surface area contributed by atoms with E-state index in [1.54, 1.807) is 4.90 Å². The normalized spacial score (nSPS) is 26.6. The Kier molecular flexibility index (Phi) is 6.46. The van der Waals surface area contributed by atoms with E-state index in [0.29, 0.717) is 63.0 Å². The highest BCUT2D eigenvalue weighted by molar-refractivity contribution is 6.30. The van der Waals surface area contributed by atoms with Gasteiger partial charge in [0.1, 0.15) is 11.4 Å². The third kappa shape index (κ3) is 4.87. The highest BCUT2D eigenvalue weighted by Crippen LogP contribution is 2.37. The summed E-state index contributed by atoms with van der Waals surface area (Å²) in [6.07, 6.45) is 2.58. The van der Waals surface area contributed by atoms with Crippen molar-refractivity contribution in [3.05, 3.63) is 33.8 Å². The van der Waals surface area contributed by atoms with Gasteiger partial charge in [-0.25, -0.2) is 9.59 Å². The lowest BCUT2D eigenvalue weighted by Gasteiger charge is -2.46. The highest BCUT2D eigenvalue weighted by atomic mass is 35.5. The first-order valence-corrected chi connectivity index (χ1v) is 13.0. The lowest BCUT2D eigenvalue weighted by Crippen LogP contribution is -2.58. The van der Waals surface area contributed by atoms with E-state index >= 15 is 0 Å². The van der Waals surface area contributed by atoms with Crippen LogP contribution >= 0.6 is 11.6 Å². The van der Waals surface area contributed by atoms with E-state index in [1.807, 2.05) is 42.7 Å². The molecule has 0 radical (unpaired) electrons. The fourth-order valence-corrected chi connectivity index (χ4v) is 6.08. The zero-order chi connectivity index (χ0) is 24.9. The molecule has 1 aromatic rings. The minimum atomic E-state index is -0.605. The standard InChI is InChI=1S/C26H34ClN3O5/c1-26(2,3)35-25(33)29-8-9-34-15-22(29)20-11-18(27)10-16-6-7-28(14-21(16)20)24(32)30-13-17-4-5-19(30)12-23(17)31/h10-11,17,19,22H,4-9,12-15H2,1-3H3/t17?,19?,22-/m0/s1. The zero-order valence-corrected chi connectivity index (χ0v) is 21.5. The monoisotopic (exact) mass is 503 g/mol. The molecule has 0 spiro atoms. The van der Waals surface area contributed by atoms with Crippen LogP contribution in [0.5, 0.6) is 0 Å². The zero-order valence-electron chi connectivity index (χ0n) is 20.7. The number of benzene rings is 1. The molecule has 4 heterocycles. The number of carbonyl (C=O) groups excluding carboxylic acids is 3. The topological polar surface area (TPSA) is 79.4 Å². The van der Waals surface area contributed by atoms with Gasteiger partial charge in [-0.15, -0.1) is 0 Å². The quantitative estimate of drug-likeness (QED) is 0.574. The summed E-state index contributed by atoms with van der Waals surface area (Å²) in [7, 11) is 0. The smallest absolute Gasteiger partial charge is 0.410 e. The van der Waals surface area contributed by atoms with Gasteiger partial charge in [-0.05, 0) is 68.9 Å². The van der Waals surface area contributed by atoms with Gasteiger partial charge in [0.05, 0.1) is 19.3 Å². The van der Waals surface area contributed by atoms with Gasteiger partial charge >= 0.3 is 12.1 Å². The third-order valence-electron chi connectivity index (χ3n) is 7.57. The molecule has 190 valence electrons. The summed E-state index contributed by atoms with van der Waals surface area (Å²) in [5.74, 6) is 0.280. The van der Waals surface area contributed by atoms with Crippen LogP contribution in [0.25, 0.3) is 0 Å². The summed E-state index contributed by atoms with van der Waals surface area (Å²) in [4.78, 5) is 44.3. The molecule has 4 aliphatic heterocycles. The van der Waals surface area contributed by atoms with Gasteiger partial charge in [-0.1, -0.05) is 11.6 Å². The predicted octanol–water partition coefficient (Wildman–Crippen LogP) is 4.18. The summed E-state index contributed by atoms with van der Waals surface area (Å²) in [5.41, 5.74) is 2.43. The fraction of sp³-hybridized carbons (Fsp3) is 0.654. The van der Waals surface area contributed by atoms with Crippen LogP contribution < -0.4 is 0 Å². The maximum absolute atomic E-state index is 13.5. The molecule has 1 aromatic carbocycles. The van der Waals surface area contributed by atoms with E-state index in [9.17, 15) is 14.4 Å². The second-order valence-corrected chi connectivity index (χ2v) is 11.5. The second kappa shape index (κ2) is 9.28. The first-order chi connectivity index (χ1) is 16.6. The van der Waals surface area contributed by atoms with E-state index in [2.05, 4.69) is 0 Å². The van der Waals surface area contributed by atoms with Crippen molar-refractivity contribution in [2.24, 2.45) is 5.92 Å². The van der Waals surface area contributed by atoms with Gasteiger partial charge in [-0.3, -0.25) is 9.69 Å². The number of nitrogens with zero attached hydrogens (tertiary/aromatic N) is 3. The number of amides is 3. The van der Waals surface area contributed by atoms with Gasteiger partial charge in [0.25, 0.3) is 0 Å². The van der Waals surface area contributed by atoms with Gasteiger partial charge in [0.2, 0.25) is 0 Å². The number of halogens is 1. The molecule has 8 nitrogen and oxygen atoms in total. The molecule has 5 aliphatic rings. The van der Waals surface area contributed by atoms with E-state index in [1.165, 1.54) is 0 Å². The first-order valence-electron chi connectivity index (χ1n) is 12.6. The Morgan fingerprint density at radius 1 is 1.14 bits per heavy atom. The van der Waals surface area contributed by atoms with Crippen LogP contribution in [0.15, 0.2) is 12.1 Å². The Morgan fingerprint density at radius 2 is 1.94 bits per heavy atom. The molecule has 3 amide bonds. The lowest BCUT2D eigenvalue weighted by molar-refractivity contribution is -0.131. The average Bonchev–Trinajstić information content (AvgIpc) is 2.82. The van der Waals surface area contributed by atoms with Crippen LogP contribution in [0.2, 0.25) is 5.02 Å². The van der Waals surface area contributed by atoms with Crippen LogP contribution in [-0.2, 0) is 27.2 Å². The van der Waals surface area contributed by atoms with Crippen molar-refractivity contribution in [1.29, 1.82) is 0 Å². The van der Waals surface area contributed by atoms with Crippen LogP contribution in [0.4, 0.5) is 9.59 Å². The number of carbonyl (C=O) groups is 3. The molecule has 1 saturated carbocycles. The SMILES string of the molecule is CC(C)(C)OC(=O)N1CCOC[C@H]1c1cc(Cl)cc2c1CN(C(=O)N1CC3CCC1CC3=O)CC2. The molecule has 2 unspecified atom stereocenters.